The number of carbonyl (C=O) groups is 2. The molecular formula is C25H32ClNO3. The van der Waals surface area contributed by atoms with Crippen LogP contribution >= 0.6 is 11.6 Å². The van der Waals surface area contributed by atoms with Crippen LogP contribution in [-0.4, -0.2) is 23.7 Å². The lowest BCUT2D eigenvalue weighted by molar-refractivity contribution is -0.126. The summed E-state index contributed by atoms with van der Waals surface area (Å²) in [7, 11) is 1.60. The first kappa shape index (κ1) is 25.4. The molecule has 0 saturated carbocycles. The quantitative estimate of drug-likeness (QED) is 0.281. The number of hydrogen-bond acceptors (Lipinski definition) is 3. The number of nitrogens with zero attached hydrogens (tertiary/aromatic N) is 1. The molecule has 5 heteroatoms. The number of aldehydes is 1. The minimum absolute atomic E-state index is 0.128. The number of ether oxygens (including phenoxy) is 1. The fourth-order valence-electron chi connectivity index (χ4n) is 2.73. The molecule has 1 aromatic heterocycles. The molecule has 2 aromatic rings. The summed E-state index contributed by atoms with van der Waals surface area (Å²) in [5, 5.41) is 1.42. The van der Waals surface area contributed by atoms with Gasteiger partial charge in [0.2, 0.25) is 0 Å². The highest BCUT2D eigenvalue weighted by atomic mass is 35.5. The van der Waals surface area contributed by atoms with Gasteiger partial charge in [0.1, 0.15) is 5.75 Å². The van der Waals surface area contributed by atoms with E-state index in [-0.39, 0.29) is 12.3 Å². The molecule has 0 N–H and O–H groups in total. The molecule has 0 spiro atoms. The van der Waals surface area contributed by atoms with Gasteiger partial charge in [-0.05, 0) is 38.5 Å². The molecule has 0 bridgehead atoms. The summed E-state index contributed by atoms with van der Waals surface area (Å²) in [5.41, 5.74) is 3.01. The zero-order valence-corrected chi connectivity index (χ0v) is 19.6. The number of allylic oxidation sites excluding steroid dienone is 4. The second kappa shape index (κ2) is 11.0. The van der Waals surface area contributed by atoms with Gasteiger partial charge in [-0.15, -0.1) is 0 Å². The number of benzene rings is 1. The van der Waals surface area contributed by atoms with E-state index in [1.165, 1.54) is 0 Å². The number of carbonyl (C=O) groups excluding carboxylic acids is 2. The summed E-state index contributed by atoms with van der Waals surface area (Å²) in [4.78, 5) is 23.7. The molecule has 0 amide bonds. The first-order valence-corrected chi connectivity index (χ1v) is 10.1. The van der Waals surface area contributed by atoms with E-state index in [2.05, 4.69) is 13.2 Å². The normalized spacial score (nSPS) is 11.2. The van der Waals surface area contributed by atoms with Crippen LogP contribution in [0.1, 0.15) is 50.2 Å². The molecule has 0 atom stereocenters. The average Bonchev–Trinajstić information content (AvgIpc) is 2.91. The highest BCUT2D eigenvalue weighted by molar-refractivity contribution is 6.30. The smallest absolute Gasteiger partial charge is 0.157 e. The van der Waals surface area contributed by atoms with Crippen molar-refractivity contribution < 1.29 is 14.3 Å². The Hall–Kier alpha value is -2.59. The number of aromatic nitrogens is 1. The maximum Gasteiger partial charge on any atom is 0.157 e. The van der Waals surface area contributed by atoms with Gasteiger partial charge in [0, 0.05) is 33.2 Å². The van der Waals surface area contributed by atoms with Crippen molar-refractivity contribution in [2.75, 3.05) is 7.11 Å². The van der Waals surface area contributed by atoms with E-state index in [0.717, 1.165) is 34.9 Å². The first-order valence-electron chi connectivity index (χ1n) is 9.73. The molecule has 0 saturated heterocycles. The van der Waals surface area contributed by atoms with Crippen molar-refractivity contribution in [2.24, 2.45) is 5.41 Å². The maximum absolute atomic E-state index is 12.3. The second-order valence-electron chi connectivity index (χ2n) is 8.27. The summed E-state index contributed by atoms with van der Waals surface area (Å²) >= 11 is 5.45. The predicted octanol–water partition coefficient (Wildman–Crippen LogP) is 6.65. The molecule has 162 valence electrons. The van der Waals surface area contributed by atoms with Gasteiger partial charge in [-0.25, -0.2) is 0 Å². The lowest BCUT2D eigenvalue weighted by Gasteiger charge is -2.18. The molecule has 0 aliphatic heterocycles. The third-order valence-electron chi connectivity index (χ3n) is 4.60. The van der Waals surface area contributed by atoms with Gasteiger partial charge in [-0.3, -0.25) is 9.59 Å². The fraction of sp³-hybridized carbons (Fsp3) is 0.360. The number of Topliss-reactive ketones (excluding diaryl/α,β-unsaturated/α-hetero) is 1. The molecule has 1 aromatic carbocycles. The Balaban J connectivity index is 0.000000424. The van der Waals surface area contributed by atoms with E-state index >= 15 is 0 Å². The van der Waals surface area contributed by atoms with Gasteiger partial charge < -0.3 is 9.30 Å². The molecule has 1 heterocycles. The summed E-state index contributed by atoms with van der Waals surface area (Å²) < 4.78 is 7.14. The number of ketones is 1. The number of halogens is 1. The number of hydrogen-bond donors (Lipinski definition) is 0. The molecule has 30 heavy (non-hydrogen) atoms. The van der Waals surface area contributed by atoms with E-state index in [9.17, 15) is 9.59 Å². The molecule has 0 aliphatic carbocycles. The Morgan fingerprint density at radius 2 is 1.90 bits per heavy atom. The Bertz CT molecular complexity index is 974. The second-order valence-corrected chi connectivity index (χ2v) is 8.76. The largest absolute Gasteiger partial charge is 0.497 e. The Morgan fingerprint density at radius 3 is 2.37 bits per heavy atom. The topological polar surface area (TPSA) is 48.3 Å². The summed E-state index contributed by atoms with van der Waals surface area (Å²) in [6.07, 6.45) is 5.45. The van der Waals surface area contributed by atoms with E-state index in [4.69, 9.17) is 16.3 Å². The van der Waals surface area contributed by atoms with Crippen molar-refractivity contribution in [3.8, 4) is 5.75 Å². The molecule has 0 fully saturated rings. The van der Waals surface area contributed by atoms with Crippen molar-refractivity contribution in [1.82, 2.24) is 4.57 Å². The molecule has 0 radical (unpaired) electrons. The number of fused-ring (bicyclic) bond motifs is 1. The number of rotatable bonds is 7. The van der Waals surface area contributed by atoms with E-state index in [1.807, 2.05) is 63.5 Å². The van der Waals surface area contributed by atoms with Gasteiger partial charge in [0.15, 0.2) is 12.1 Å². The molecular weight excluding hydrogens is 398 g/mol. The van der Waals surface area contributed by atoms with Crippen LogP contribution in [0.3, 0.4) is 0 Å². The van der Waals surface area contributed by atoms with Crippen molar-refractivity contribution in [1.29, 1.82) is 0 Å². The lowest BCUT2D eigenvalue weighted by Crippen LogP contribution is -2.25. The zero-order chi connectivity index (χ0) is 23.1. The van der Waals surface area contributed by atoms with E-state index in [0.29, 0.717) is 16.3 Å². The SMILES string of the molecule is C=C(Cl)C=CCC(=C)C.COc1ccc2c(C=O)c(C)n(CC(=O)C(C)(C)C)c2c1. The van der Waals surface area contributed by atoms with Gasteiger partial charge >= 0.3 is 0 Å². The molecule has 4 nitrogen and oxygen atoms in total. The van der Waals surface area contributed by atoms with Crippen molar-refractivity contribution in [2.45, 2.75) is 47.6 Å². The lowest BCUT2D eigenvalue weighted by atomic mass is 9.91. The Kier molecular flexibility index (Phi) is 9.31. The highest BCUT2D eigenvalue weighted by Gasteiger charge is 2.24. The Labute approximate surface area is 184 Å². The molecule has 0 unspecified atom stereocenters. The van der Waals surface area contributed by atoms with Crippen LogP contribution in [0.15, 0.2) is 54.1 Å². The van der Waals surface area contributed by atoms with Crippen LogP contribution in [0.2, 0.25) is 0 Å². The third kappa shape index (κ3) is 7.03. The van der Waals surface area contributed by atoms with Crippen LogP contribution < -0.4 is 4.74 Å². The van der Waals surface area contributed by atoms with Crippen LogP contribution in [0.4, 0.5) is 0 Å². The summed E-state index contributed by atoms with van der Waals surface area (Å²) in [6, 6.07) is 5.55. The first-order chi connectivity index (χ1) is 13.9. The Morgan fingerprint density at radius 1 is 1.27 bits per heavy atom. The summed E-state index contributed by atoms with van der Waals surface area (Å²) in [5.74, 6) is 0.838. The van der Waals surface area contributed by atoms with Crippen LogP contribution in [0, 0.1) is 12.3 Å². The third-order valence-corrected chi connectivity index (χ3v) is 4.73. The van der Waals surface area contributed by atoms with Gasteiger partial charge in [-0.1, -0.05) is 57.2 Å². The van der Waals surface area contributed by atoms with Crippen molar-refractivity contribution in [3.63, 3.8) is 0 Å². The van der Waals surface area contributed by atoms with Crippen LogP contribution in [0.25, 0.3) is 10.9 Å². The minimum atomic E-state index is -0.413. The van der Waals surface area contributed by atoms with Gasteiger partial charge in [0.05, 0.1) is 19.2 Å². The van der Waals surface area contributed by atoms with E-state index < -0.39 is 5.41 Å². The maximum atomic E-state index is 12.3. The summed E-state index contributed by atoms with van der Waals surface area (Å²) in [6.45, 7) is 17.0. The minimum Gasteiger partial charge on any atom is -0.497 e. The van der Waals surface area contributed by atoms with Crippen LogP contribution in [0.5, 0.6) is 5.75 Å². The van der Waals surface area contributed by atoms with Gasteiger partial charge in [-0.2, -0.15) is 0 Å². The fourth-order valence-corrected chi connectivity index (χ4v) is 2.82. The molecule has 0 aliphatic rings. The average molecular weight is 430 g/mol. The van der Waals surface area contributed by atoms with E-state index in [1.54, 1.807) is 13.2 Å². The number of methoxy groups -OCH3 is 1. The van der Waals surface area contributed by atoms with Crippen molar-refractivity contribution >= 4 is 34.6 Å². The molecule has 2 rings (SSSR count). The monoisotopic (exact) mass is 429 g/mol. The van der Waals surface area contributed by atoms with Gasteiger partial charge in [0.25, 0.3) is 0 Å². The predicted molar refractivity (Wildman–Crippen MR) is 127 cm³/mol. The standard InChI is InChI=1S/C17H21NO3.C8H11Cl/c1-11-14(10-19)13-7-6-12(21-5)8-15(13)18(11)9-16(20)17(2,3)4;1-7(2)5-4-6-8(3)9/h6-8,10H,9H2,1-5H3;4,6H,1,3,5H2,2H3. The van der Waals surface area contributed by atoms with Crippen LogP contribution in [-0.2, 0) is 11.3 Å². The highest BCUT2D eigenvalue weighted by Crippen LogP contribution is 2.29. The van der Waals surface area contributed by atoms with Crippen molar-refractivity contribution in [3.05, 3.63) is 65.4 Å². The zero-order valence-electron chi connectivity index (χ0n) is 18.8.